The summed E-state index contributed by atoms with van der Waals surface area (Å²) in [6.07, 6.45) is 3.54. The van der Waals surface area contributed by atoms with E-state index >= 15 is 0 Å². The van der Waals surface area contributed by atoms with Crippen LogP contribution in [0.3, 0.4) is 0 Å². The summed E-state index contributed by atoms with van der Waals surface area (Å²) in [6.45, 7) is 12.0. The molecular weight excluding hydrogens is 288 g/mol. The van der Waals surface area contributed by atoms with Gasteiger partial charge in [0.1, 0.15) is 11.5 Å². The van der Waals surface area contributed by atoms with Crippen molar-refractivity contribution < 1.29 is 9.47 Å². The van der Waals surface area contributed by atoms with Crippen molar-refractivity contribution in [1.29, 1.82) is 0 Å². The van der Waals surface area contributed by atoms with Crippen molar-refractivity contribution in [3.8, 4) is 5.75 Å². The van der Waals surface area contributed by atoms with Crippen molar-refractivity contribution in [1.82, 2.24) is 0 Å². The van der Waals surface area contributed by atoms with Crippen LogP contribution in [0, 0.1) is 5.92 Å². The molecule has 0 saturated heterocycles. The largest absolute Gasteiger partial charge is 0.497 e. The number of nitrogens with two attached hydrogens (primary N) is 2. The number of benzene rings is 1. The van der Waals surface area contributed by atoms with Crippen LogP contribution >= 0.6 is 0 Å². The Morgan fingerprint density at radius 2 is 1.70 bits per heavy atom. The van der Waals surface area contributed by atoms with E-state index in [9.17, 15) is 0 Å². The van der Waals surface area contributed by atoms with Gasteiger partial charge in [0.15, 0.2) is 0 Å². The first-order valence-electron chi connectivity index (χ1n) is 7.56. The van der Waals surface area contributed by atoms with Gasteiger partial charge in [-0.3, -0.25) is 0 Å². The molecule has 0 aliphatic heterocycles. The summed E-state index contributed by atoms with van der Waals surface area (Å²) in [6, 6.07) is 7.28. The lowest BCUT2D eigenvalue weighted by Crippen LogP contribution is -2.55. The Balaban J connectivity index is 3.28. The second kappa shape index (κ2) is 7.99. The van der Waals surface area contributed by atoms with E-state index in [1.165, 1.54) is 0 Å². The van der Waals surface area contributed by atoms with Crippen molar-refractivity contribution >= 4 is 0 Å². The third kappa shape index (κ3) is 4.24. The monoisotopic (exact) mass is 316 g/mol. The van der Waals surface area contributed by atoms with Crippen molar-refractivity contribution in [3.63, 3.8) is 0 Å². The van der Waals surface area contributed by atoms with Gasteiger partial charge < -0.3 is 20.9 Å². The molecule has 4 nitrogen and oxygen atoms in total. The van der Waals surface area contributed by atoms with E-state index in [1.807, 2.05) is 38.1 Å². The Hall–Kier alpha value is -2.04. The summed E-state index contributed by atoms with van der Waals surface area (Å²) in [4.78, 5) is 0. The minimum Gasteiger partial charge on any atom is -0.497 e. The zero-order chi connectivity index (χ0) is 17.6. The molecule has 2 atom stereocenters. The molecule has 0 aliphatic rings. The van der Waals surface area contributed by atoms with Crippen LogP contribution in [-0.2, 0) is 10.3 Å². The molecule has 4 heteroatoms. The molecule has 0 aromatic heterocycles. The average molecular weight is 316 g/mol. The van der Waals surface area contributed by atoms with Crippen LogP contribution in [-0.4, -0.2) is 20.3 Å². The highest BCUT2D eigenvalue weighted by molar-refractivity contribution is 5.44. The number of methoxy groups -OCH3 is 2. The van der Waals surface area contributed by atoms with Crippen LogP contribution < -0.4 is 16.2 Å². The van der Waals surface area contributed by atoms with Crippen LogP contribution in [0.4, 0.5) is 0 Å². The molecular formula is C19H28N2O2. The highest BCUT2D eigenvalue weighted by Gasteiger charge is 2.38. The first kappa shape index (κ1) is 19.0. The summed E-state index contributed by atoms with van der Waals surface area (Å²) < 4.78 is 10.3. The maximum atomic E-state index is 6.74. The molecule has 0 radical (unpaired) electrons. The first-order chi connectivity index (χ1) is 10.8. The minimum atomic E-state index is -0.898. The Labute approximate surface area is 139 Å². The Kier molecular flexibility index (Phi) is 6.61. The molecule has 1 aromatic carbocycles. The Morgan fingerprint density at radius 1 is 1.13 bits per heavy atom. The van der Waals surface area contributed by atoms with E-state index in [0.29, 0.717) is 11.3 Å². The number of hydrogen-bond donors (Lipinski definition) is 2. The van der Waals surface area contributed by atoms with E-state index in [4.69, 9.17) is 20.9 Å². The van der Waals surface area contributed by atoms with Crippen LogP contribution in [0.15, 0.2) is 60.9 Å². The van der Waals surface area contributed by atoms with Gasteiger partial charge in [0.2, 0.25) is 0 Å². The van der Waals surface area contributed by atoms with Gasteiger partial charge in [-0.1, -0.05) is 45.2 Å². The molecule has 1 aromatic rings. The molecule has 0 amide bonds. The molecule has 4 N–H and O–H groups in total. The fraction of sp³-hybridized carbons (Fsp3) is 0.368. The molecule has 1 rings (SSSR count). The molecule has 0 saturated carbocycles. The Morgan fingerprint density at radius 3 is 2.13 bits per heavy atom. The third-order valence-electron chi connectivity index (χ3n) is 4.08. The smallest absolute Gasteiger partial charge is 0.118 e. The lowest BCUT2D eigenvalue weighted by Gasteiger charge is -2.39. The maximum Gasteiger partial charge on any atom is 0.118 e. The third-order valence-corrected chi connectivity index (χ3v) is 4.08. The normalized spacial score (nSPS) is 15.3. The fourth-order valence-corrected chi connectivity index (χ4v) is 2.38. The lowest BCUT2D eigenvalue weighted by atomic mass is 9.74. The number of ether oxygens (including phenoxy) is 2. The van der Waals surface area contributed by atoms with Crippen LogP contribution in [0.25, 0.3) is 0 Å². The van der Waals surface area contributed by atoms with Crippen LogP contribution in [0.5, 0.6) is 5.75 Å². The number of rotatable bonds is 8. The summed E-state index contributed by atoms with van der Waals surface area (Å²) in [5, 5.41) is 0. The molecule has 0 aliphatic carbocycles. The van der Waals surface area contributed by atoms with Gasteiger partial charge in [0.05, 0.1) is 19.8 Å². The van der Waals surface area contributed by atoms with Crippen LogP contribution in [0.1, 0.15) is 19.4 Å². The van der Waals surface area contributed by atoms with Gasteiger partial charge >= 0.3 is 0 Å². The van der Waals surface area contributed by atoms with Gasteiger partial charge in [0, 0.05) is 6.04 Å². The van der Waals surface area contributed by atoms with E-state index in [1.54, 1.807) is 26.4 Å². The number of allylic oxidation sites excluding steroid dienone is 1. The highest BCUT2D eigenvalue weighted by Crippen LogP contribution is 2.33. The van der Waals surface area contributed by atoms with Gasteiger partial charge in [0.25, 0.3) is 0 Å². The zero-order valence-corrected chi connectivity index (χ0v) is 14.5. The predicted molar refractivity (Wildman–Crippen MR) is 96.1 cm³/mol. The topological polar surface area (TPSA) is 70.5 Å². The van der Waals surface area contributed by atoms with E-state index in [-0.39, 0.29) is 12.0 Å². The fourth-order valence-electron chi connectivity index (χ4n) is 2.38. The minimum absolute atomic E-state index is 0.179. The molecule has 126 valence electrons. The average Bonchev–Trinajstić information content (AvgIpc) is 2.57. The van der Waals surface area contributed by atoms with Gasteiger partial charge in [-0.15, -0.1) is 0 Å². The van der Waals surface area contributed by atoms with Gasteiger partial charge in [-0.2, -0.15) is 0 Å². The summed E-state index contributed by atoms with van der Waals surface area (Å²) in [5.74, 6) is 1.47. The molecule has 1 unspecified atom stereocenters. The first-order valence-corrected chi connectivity index (χ1v) is 7.56. The van der Waals surface area contributed by atoms with Gasteiger partial charge in [-0.05, 0) is 35.3 Å². The van der Waals surface area contributed by atoms with Crippen molar-refractivity contribution in [2.45, 2.75) is 25.4 Å². The quantitative estimate of drug-likeness (QED) is 0.571. The SMILES string of the molecule is C=C(/C=C\C(=C)C(N)(c1ccc(OC)cc1)[C@H](N)C(C)C)OC. The van der Waals surface area contributed by atoms with E-state index in [0.717, 1.165) is 11.3 Å². The van der Waals surface area contributed by atoms with E-state index < -0.39 is 5.54 Å². The summed E-state index contributed by atoms with van der Waals surface area (Å²) in [7, 11) is 3.19. The summed E-state index contributed by atoms with van der Waals surface area (Å²) >= 11 is 0. The number of hydrogen-bond acceptors (Lipinski definition) is 4. The van der Waals surface area contributed by atoms with Crippen molar-refractivity contribution in [3.05, 3.63) is 66.5 Å². The molecule has 0 spiro atoms. The predicted octanol–water partition coefficient (Wildman–Crippen LogP) is 3.11. The van der Waals surface area contributed by atoms with Crippen molar-refractivity contribution in [2.24, 2.45) is 17.4 Å². The molecule has 0 heterocycles. The second-order valence-corrected chi connectivity index (χ2v) is 5.90. The molecule has 0 fully saturated rings. The highest BCUT2D eigenvalue weighted by atomic mass is 16.5. The molecule has 0 bridgehead atoms. The second-order valence-electron chi connectivity index (χ2n) is 5.90. The van der Waals surface area contributed by atoms with Crippen molar-refractivity contribution in [2.75, 3.05) is 14.2 Å². The van der Waals surface area contributed by atoms with Gasteiger partial charge in [-0.25, -0.2) is 0 Å². The molecule has 23 heavy (non-hydrogen) atoms. The lowest BCUT2D eigenvalue weighted by molar-refractivity contribution is 0.308. The summed E-state index contributed by atoms with van der Waals surface area (Å²) in [5.41, 5.74) is 13.9. The standard InChI is InChI=1S/C19H28N2O2/c1-13(2)18(20)19(21,14(3)7-8-15(4)22-5)16-9-11-17(23-6)12-10-16/h7-13,18H,3-4,20-21H2,1-2,5-6H3/b8-7-/t18-,19?/m1/s1. The maximum absolute atomic E-state index is 6.74. The zero-order valence-electron chi connectivity index (χ0n) is 14.5. The van der Waals surface area contributed by atoms with E-state index in [2.05, 4.69) is 13.2 Å². The Bertz CT molecular complexity index is 576. The van der Waals surface area contributed by atoms with Crippen LogP contribution in [0.2, 0.25) is 0 Å².